The predicted molar refractivity (Wildman–Crippen MR) is 93.9 cm³/mol. The summed E-state index contributed by atoms with van der Waals surface area (Å²) in [5.41, 5.74) is 0.924. The number of aromatic amines is 1. The van der Waals surface area contributed by atoms with E-state index in [9.17, 15) is 9.59 Å². The Morgan fingerprint density at radius 1 is 1.48 bits per heavy atom. The van der Waals surface area contributed by atoms with Gasteiger partial charge in [0.15, 0.2) is 0 Å². The maximum Gasteiger partial charge on any atom is 0.275 e. The lowest BCUT2D eigenvalue weighted by Crippen LogP contribution is -2.25. The first-order chi connectivity index (χ1) is 12.2. The number of fused-ring (bicyclic) bond motifs is 1. The lowest BCUT2D eigenvalue weighted by atomic mass is 10.1. The second-order valence-corrected chi connectivity index (χ2v) is 7.11. The monoisotopic (exact) mass is 358 g/mol. The van der Waals surface area contributed by atoms with Gasteiger partial charge in [0.05, 0.1) is 23.8 Å². The molecule has 130 valence electrons. The zero-order valence-electron chi connectivity index (χ0n) is 13.5. The summed E-state index contributed by atoms with van der Waals surface area (Å²) in [5.74, 6) is -0.244. The highest BCUT2D eigenvalue weighted by molar-refractivity contribution is 7.09. The van der Waals surface area contributed by atoms with Crippen molar-refractivity contribution >= 4 is 17.2 Å². The fraction of sp³-hybridized carbons (Fsp3) is 0.353. The van der Waals surface area contributed by atoms with Crippen molar-refractivity contribution in [3.05, 3.63) is 50.7 Å². The molecule has 1 saturated heterocycles. The Hall–Kier alpha value is -2.45. The Labute approximate surface area is 148 Å². The molecule has 1 aromatic rings. The minimum atomic E-state index is -0.288. The molecule has 1 aromatic heterocycles. The highest BCUT2D eigenvalue weighted by atomic mass is 32.1. The fourth-order valence-electron chi connectivity index (χ4n) is 3.06. The Morgan fingerprint density at radius 3 is 3.16 bits per heavy atom. The van der Waals surface area contributed by atoms with Gasteiger partial charge in [0.25, 0.3) is 11.5 Å². The normalized spacial score (nSPS) is 17.2. The molecule has 2 N–H and O–H groups in total. The van der Waals surface area contributed by atoms with Crippen LogP contribution in [0.5, 0.6) is 0 Å². The summed E-state index contributed by atoms with van der Waals surface area (Å²) in [6, 6.07) is 3.91. The Balaban J connectivity index is 1.61. The van der Waals surface area contributed by atoms with E-state index in [4.69, 9.17) is 4.74 Å². The van der Waals surface area contributed by atoms with Gasteiger partial charge in [0.1, 0.15) is 5.69 Å². The third-order valence-electron chi connectivity index (χ3n) is 4.30. The molecule has 7 nitrogen and oxygen atoms in total. The van der Waals surface area contributed by atoms with Gasteiger partial charge >= 0.3 is 0 Å². The number of nitrogens with zero attached hydrogens (tertiary/aromatic N) is 2. The van der Waals surface area contributed by atoms with Crippen molar-refractivity contribution in [1.29, 1.82) is 0 Å². The molecule has 25 heavy (non-hydrogen) atoms. The van der Waals surface area contributed by atoms with Crippen molar-refractivity contribution < 1.29 is 9.53 Å². The standard InChI is InChI=1S/C17H18N4O3S/c22-16(18-7-12-4-2-6-25-12)13-9-21(8-11-3-1-5-24-11)10-14-15(13)19-20-17(14)23/h2,4,6,9-11H,1,3,5,7-8H2,(H,18,22)(H,20,23)/t11-/m0/s1. The number of pyridine rings is 1. The molecule has 8 heteroatoms. The summed E-state index contributed by atoms with van der Waals surface area (Å²) in [6.45, 7) is 1.83. The number of carbonyl (C=O) groups excluding carboxylic acids is 1. The van der Waals surface area contributed by atoms with Crippen LogP contribution in [0, 0.1) is 0 Å². The number of nitrogens with one attached hydrogen (secondary N) is 2. The van der Waals surface area contributed by atoms with Crippen LogP contribution in [0.3, 0.4) is 0 Å². The number of aromatic nitrogens is 3. The molecule has 1 fully saturated rings. The molecule has 0 aromatic carbocycles. The van der Waals surface area contributed by atoms with Gasteiger partial charge in [-0.05, 0) is 24.3 Å². The SMILES string of the molecule is O=C(NCc1cccs1)c1cn(C[C@@H]2CCCO2)cc2c(=O)[nH]nc1-2. The molecule has 1 amide bonds. The average Bonchev–Trinajstić information content (AvgIpc) is 3.36. The minimum Gasteiger partial charge on any atom is -0.376 e. The molecule has 0 aliphatic carbocycles. The van der Waals surface area contributed by atoms with Gasteiger partial charge in [0, 0.05) is 30.4 Å². The first-order valence-corrected chi connectivity index (χ1v) is 9.09. The number of hydrogen-bond donors (Lipinski definition) is 2. The van der Waals surface area contributed by atoms with Gasteiger partial charge in [-0.2, -0.15) is 5.10 Å². The first-order valence-electron chi connectivity index (χ1n) is 8.21. The van der Waals surface area contributed by atoms with Crippen LogP contribution in [0.25, 0.3) is 11.3 Å². The van der Waals surface area contributed by atoms with Crippen molar-refractivity contribution in [3.8, 4) is 11.3 Å². The van der Waals surface area contributed by atoms with Crippen LogP contribution in [-0.4, -0.2) is 33.4 Å². The molecular formula is C17H18N4O3S. The largest absolute Gasteiger partial charge is 0.376 e. The van der Waals surface area contributed by atoms with E-state index in [1.165, 1.54) is 0 Å². The van der Waals surface area contributed by atoms with Crippen molar-refractivity contribution in [1.82, 2.24) is 20.1 Å². The molecule has 1 atom stereocenters. The molecule has 0 spiro atoms. The van der Waals surface area contributed by atoms with Crippen LogP contribution in [0.15, 0.2) is 34.7 Å². The van der Waals surface area contributed by atoms with E-state index in [2.05, 4.69) is 15.5 Å². The van der Waals surface area contributed by atoms with Crippen molar-refractivity contribution in [3.63, 3.8) is 0 Å². The summed E-state index contributed by atoms with van der Waals surface area (Å²) in [6.07, 6.45) is 5.62. The summed E-state index contributed by atoms with van der Waals surface area (Å²) in [4.78, 5) is 25.7. The Morgan fingerprint density at radius 2 is 2.40 bits per heavy atom. The van der Waals surface area contributed by atoms with E-state index >= 15 is 0 Å². The molecule has 4 rings (SSSR count). The lowest BCUT2D eigenvalue weighted by molar-refractivity contribution is 0.0936. The van der Waals surface area contributed by atoms with Gasteiger partial charge in [-0.25, -0.2) is 5.10 Å². The maximum atomic E-state index is 12.6. The van der Waals surface area contributed by atoms with E-state index in [0.717, 1.165) is 24.3 Å². The maximum absolute atomic E-state index is 12.6. The number of hydrogen-bond acceptors (Lipinski definition) is 5. The smallest absolute Gasteiger partial charge is 0.275 e. The topological polar surface area (TPSA) is 89.0 Å². The van der Waals surface area contributed by atoms with Gasteiger partial charge in [-0.1, -0.05) is 6.07 Å². The Kier molecular flexibility index (Phi) is 4.37. The molecule has 0 unspecified atom stereocenters. The van der Waals surface area contributed by atoms with Gasteiger partial charge < -0.3 is 14.6 Å². The van der Waals surface area contributed by atoms with Gasteiger partial charge in [-0.3, -0.25) is 9.59 Å². The van der Waals surface area contributed by atoms with E-state index < -0.39 is 0 Å². The van der Waals surface area contributed by atoms with E-state index in [-0.39, 0.29) is 17.6 Å². The molecule has 3 aliphatic rings. The molecule has 0 saturated carbocycles. The second kappa shape index (κ2) is 6.81. The van der Waals surface area contributed by atoms with Crippen LogP contribution in [0.4, 0.5) is 0 Å². The lowest BCUT2D eigenvalue weighted by Gasteiger charge is -2.16. The summed E-state index contributed by atoms with van der Waals surface area (Å²) < 4.78 is 7.51. The summed E-state index contributed by atoms with van der Waals surface area (Å²) >= 11 is 1.58. The fourth-order valence-corrected chi connectivity index (χ4v) is 3.71. The molecule has 0 radical (unpaired) electrons. The number of thiophene rings is 1. The summed E-state index contributed by atoms with van der Waals surface area (Å²) in [5, 5.41) is 11.3. The van der Waals surface area contributed by atoms with Crippen LogP contribution in [0.2, 0.25) is 0 Å². The Bertz CT molecular complexity index is 893. The van der Waals surface area contributed by atoms with Crippen molar-refractivity contribution in [2.75, 3.05) is 6.61 Å². The number of carbonyl (C=O) groups is 1. The van der Waals surface area contributed by atoms with Crippen LogP contribution >= 0.6 is 11.3 Å². The minimum absolute atomic E-state index is 0.117. The van der Waals surface area contributed by atoms with Crippen molar-refractivity contribution in [2.24, 2.45) is 0 Å². The van der Waals surface area contributed by atoms with Crippen LogP contribution < -0.4 is 10.9 Å². The van der Waals surface area contributed by atoms with Gasteiger partial charge in [0.2, 0.25) is 0 Å². The zero-order valence-corrected chi connectivity index (χ0v) is 14.3. The average molecular weight is 358 g/mol. The van der Waals surface area contributed by atoms with E-state index in [1.54, 1.807) is 23.7 Å². The van der Waals surface area contributed by atoms with Crippen LogP contribution in [-0.2, 0) is 17.8 Å². The number of amides is 1. The summed E-state index contributed by atoms with van der Waals surface area (Å²) in [7, 11) is 0. The van der Waals surface area contributed by atoms with Gasteiger partial charge in [-0.15, -0.1) is 11.3 Å². The molecule has 4 heterocycles. The third-order valence-corrected chi connectivity index (χ3v) is 5.18. The van der Waals surface area contributed by atoms with E-state index in [1.807, 2.05) is 22.1 Å². The number of H-pyrrole nitrogens is 1. The number of ether oxygens (including phenoxy) is 1. The predicted octanol–water partition coefficient (Wildman–Crippen LogP) is 1.85. The first kappa shape index (κ1) is 16.0. The second-order valence-electron chi connectivity index (χ2n) is 6.08. The number of rotatable bonds is 5. The molecule has 0 bridgehead atoms. The highest BCUT2D eigenvalue weighted by Gasteiger charge is 2.23. The highest BCUT2D eigenvalue weighted by Crippen LogP contribution is 2.22. The molecular weight excluding hydrogens is 340 g/mol. The van der Waals surface area contributed by atoms with Crippen LogP contribution in [0.1, 0.15) is 28.1 Å². The third kappa shape index (κ3) is 3.35. The zero-order chi connectivity index (χ0) is 17.2. The van der Waals surface area contributed by atoms with Crippen molar-refractivity contribution in [2.45, 2.75) is 32.0 Å². The quantitative estimate of drug-likeness (QED) is 0.728. The molecule has 3 aliphatic heterocycles. The van der Waals surface area contributed by atoms with E-state index in [0.29, 0.717) is 29.9 Å².